The zero-order chi connectivity index (χ0) is 79.5. The van der Waals surface area contributed by atoms with Crippen LogP contribution < -0.4 is 44.6 Å². The van der Waals surface area contributed by atoms with Crippen molar-refractivity contribution in [1.29, 1.82) is 0 Å². The SMILES string of the molecule is BrCCCCCBr.CCCN(C)CC(=O)Cc1c(C)cccc1C.CCC[N+](C)(CCCCCBr)CC(=O)Cc1c(C)cccc1C.[Br-].[Br-].[C-]#[N+]c1ccc(C)c(CC(=O)C2CCCCN2)c1C.[C-]#[N+]c1ccc(C)c(NC(=O)C2CCCCN2CCCCC[N+](C)(CCC)CC(=O)Cc2c(C)cccc2C)c1C. The average Bonchev–Trinajstić information content (AvgIpc) is 0.829. The van der Waals surface area contributed by atoms with Gasteiger partial charge >= 0.3 is 0 Å². The highest BCUT2D eigenvalue weighted by atomic mass is 79.9. The van der Waals surface area contributed by atoms with Gasteiger partial charge < -0.3 is 53.6 Å². The van der Waals surface area contributed by atoms with E-state index in [0.29, 0.717) is 74.0 Å². The minimum absolute atomic E-state index is 0. The van der Waals surface area contributed by atoms with Crippen molar-refractivity contribution in [3.05, 3.63) is 180 Å². The van der Waals surface area contributed by atoms with Gasteiger partial charge in [-0.3, -0.25) is 33.8 Å². The molecule has 0 aliphatic carbocycles. The van der Waals surface area contributed by atoms with E-state index in [4.69, 9.17) is 13.1 Å². The summed E-state index contributed by atoms with van der Waals surface area (Å²) in [7, 11) is 6.50. The molecule has 0 saturated carbocycles. The molecule has 2 aliphatic rings. The molecule has 0 spiro atoms. The summed E-state index contributed by atoms with van der Waals surface area (Å²) in [5.41, 5.74) is 17.9. The van der Waals surface area contributed by atoms with Crippen molar-refractivity contribution in [2.75, 3.05) is 114 Å². The van der Waals surface area contributed by atoms with Crippen LogP contribution in [0.15, 0.2) is 78.9 Å². The molecule has 7 rings (SSSR count). The lowest BCUT2D eigenvalue weighted by molar-refractivity contribution is -0.902. The van der Waals surface area contributed by atoms with Crippen LogP contribution in [0.5, 0.6) is 0 Å². The third kappa shape index (κ3) is 38.0. The molecule has 13 nitrogen and oxygen atoms in total. The number of nitrogens with one attached hydrogen (secondary N) is 2. The van der Waals surface area contributed by atoms with Crippen molar-refractivity contribution in [2.24, 2.45) is 0 Å². The molecule has 2 saturated heterocycles. The molecule has 2 fully saturated rings. The first-order valence-corrected chi connectivity index (χ1v) is 43.4. The number of anilines is 1. The van der Waals surface area contributed by atoms with Gasteiger partial charge in [0.2, 0.25) is 5.91 Å². The van der Waals surface area contributed by atoms with Crippen molar-refractivity contribution in [2.45, 2.75) is 243 Å². The van der Waals surface area contributed by atoms with Crippen LogP contribution in [0.25, 0.3) is 9.69 Å². The maximum atomic E-state index is 13.4. The van der Waals surface area contributed by atoms with E-state index in [1.54, 1.807) is 0 Å². The molecule has 18 heteroatoms. The highest BCUT2D eigenvalue weighted by Gasteiger charge is 2.31. The molecule has 5 aromatic carbocycles. The lowest BCUT2D eigenvalue weighted by Crippen LogP contribution is -3.00. The van der Waals surface area contributed by atoms with Gasteiger partial charge in [0.1, 0.15) is 13.1 Å². The van der Waals surface area contributed by atoms with E-state index in [2.05, 4.69) is 203 Å². The Bertz CT molecular complexity index is 3570. The number of hydrogen-bond donors (Lipinski definition) is 2. The van der Waals surface area contributed by atoms with Gasteiger partial charge in [0, 0.05) is 47.4 Å². The monoisotopic (exact) mass is 1820 g/mol. The zero-order valence-corrected chi connectivity index (χ0v) is 77.7. The van der Waals surface area contributed by atoms with Crippen molar-refractivity contribution < 1.29 is 66.9 Å². The van der Waals surface area contributed by atoms with E-state index >= 15 is 0 Å². The number of unbranched alkanes of at least 4 members (excludes halogenated alkanes) is 6. The summed E-state index contributed by atoms with van der Waals surface area (Å²) < 4.78 is 1.69. The summed E-state index contributed by atoms with van der Waals surface area (Å²) in [5.74, 6) is 1.31. The van der Waals surface area contributed by atoms with Crippen molar-refractivity contribution in [1.82, 2.24) is 15.1 Å². The number of aryl methyl sites for hydroxylation is 8. The van der Waals surface area contributed by atoms with Crippen LogP contribution in [0.2, 0.25) is 0 Å². The number of amides is 1. The number of alkyl halides is 3. The summed E-state index contributed by atoms with van der Waals surface area (Å²) in [4.78, 5) is 75.1. The van der Waals surface area contributed by atoms with Crippen molar-refractivity contribution in [3.8, 4) is 0 Å². The minimum atomic E-state index is -0.122. The Kier molecular flexibility index (Phi) is 53.2. The highest BCUT2D eigenvalue weighted by molar-refractivity contribution is 9.09. The Balaban J connectivity index is 0.000000744. The zero-order valence-electron chi connectivity index (χ0n) is 69.7. The second kappa shape index (κ2) is 56.6. The van der Waals surface area contributed by atoms with Crippen molar-refractivity contribution in [3.63, 3.8) is 0 Å². The molecule has 5 aromatic rings. The Hall–Kier alpha value is -4.57. The highest BCUT2D eigenvalue weighted by Crippen LogP contribution is 2.32. The minimum Gasteiger partial charge on any atom is -1.00 e. The standard InChI is InChI=1S/C35H50N4O2.C20H33BrNO.C16H20N2O.C15H23NO.C5H10Br2.2BrH/c1-8-22-39(7,25-30(40)24-31-26(2)15-14-16-27(31)3)23-13-9-11-20-38-21-12-10-17-33(38)35(41)37-34-28(4)18-19-32(36-6)29(34)5;1-5-13-22(4,14-8-6-7-12-21)16-19(23)15-20-17(2)10-9-11-18(20)3;1-11-7-8-14(17-3)12(2)13(11)10-16(19)15-6-4-5-9-18-15;1-5-9-16(4)11-14(17)10-15-12(2)7-6-8-13(15)3;6-4-2-1-3-5-7;;/h14-16,18-19,33H,8-13,17,20-25H2,1-5,7H3;9-11H,5-8,12-16H2,1-4H3;7-8,15,18H,4-6,9-10H2,1-2H3;6-8H,5,9-11H2,1-4H3;1-5H2;2*1H/q;+1;;;;;/p-1. The topological polar surface area (TPSA) is 125 Å². The number of hydrogen-bond acceptors (Lipinski definition) is 8. The largest absolute Gasteiger partial charge is 1.00 e. The van der Waals surface area contributed by atoms with Crippen LogP contribution in [0, 0.1) is 82.4 Å². The van der Waals surface area contributed by atoms with E-state index < -0.39 is 0 Å². The van der Waals surface area contributed by atoms with Crippen LogP contribution in [-0.4, -0.2) is 169 Å². The van der Waals surface area contributed by atoms with E-state index in [1.165, 1.54) is 88.6 Å². The number of halogens is 5. The number of ketones is 4. The number of likely N-dealkylation sites (N-methyl/N-ethyl adjacent to an activating group) is 3. The first kappa shape index (κ1) is 102. The van der Waals surface area contributed by atoms with E-state index in [1.807, 2.05) is 65.1 Å². The van der Waals surface area contributed by atoms with Gasteiger partial charge in [-0.1, -0.05) is 167 Å². The van der Waals surface area contributed by atoms with Crippen LogP contribution in [-0.2, 0) is 49.7 Å². The predicted molar refractivity (Wildman–Crippen MR) is 463 cm³/mol. The first-order chi connectivity index (χ1) is 51.1. The average molecular weight is 1820 g/mol. The van der Waals surface area contributed by atoms with Gasteiger partial charge in [-0.25, -0.2) is 9.69 Å². The Morgan fingerprint density at radius 1 is 0.505 bits per heavy atom. The van der Waals surface area contributed by atoms with Gasteiger partial charge in [-0.2, -0.15) is 0 Å². The second-order valence-corrected chi connectivity index (χ2v) is 33.4. The number of likely N-dealkylation sites (tertiary alicyclic amines) is 1. The maximum absolute atomic E-state index is 13.4. The second-order valence-electron chi connectivity index (χ2n) is 31.0. The fourth-order valence-corrected chi connectivity index (χ4v) is 16.3. The van der Waals surface area contributed by atoms with Crippen LogP contribution >= 0.6 is 47.8 Å². The number of carbonyl (C=O) groups excluding carboxylic acids is 5. The van der Waals surface area contributed by atoms with E-state index in [9.17, 15) is 24.0 Å². The maximum Gasteiger partial charge on any atom is 0.241 e. The number of benzene rings is 5. The number of Topliss-reactive ketones (excluding diaryl/α,β-unsaturated/α-hetero) is 4. The summed E-state index contributed by atoms with van der Waals surface area (Å²) in [6.07, 6.45) is 22.6. The predicted octanol–water partition coefficient (Wildman–Crippen LogP) is 14.8. The molecular weight excluding hydrogens is 1680 g/mol. The molecule has 2 N–H and O–H groups in total. The van der Waals surface area contributed by atoms with E-state index in [-0.39, 0.29) is 57.7 Å². The van der Waals surface area contributed by atoms with Crippen molar-refractivity contribution >= 4 is 93.9 Å². The molecule has 1 amide bonds. The molecular formula is C91H137Br5N8O5. The number of quaternary nitrogens is 2. The normalized spacial score (nSPS) is 14.9. The smallest absolute Gasteiger partial charge is 0.241 e. The molecule has 0 bridgehead atoms. The first-order valence-electron chi connectivity index (χ1n) is 40.1. The van der Waals surface area contributed by atoms with Crippen LogP contribution in [0.3, 0.4) is 0 Å². The molecule has 0 aromatic heterocycles. The molecule has 109 heavy (non-hydrogen) atoms. The van der Waals surface area contributed by atoms with Gasteiger partial charge in [0.05, 0.1) is 72.0 Å². The van der Waals surface area contributed by atoms with Crippen LogP contribution in [0.1, 0.15) is 214 Å². The quantitative estimate of drug-likeness (QED) is 0.0173. The molecule has 4 atom stereocenters. The Labute approximate surface area is 707 Å². The lowest BCUT2D eigenvalue weighted by Gasteiger charge is -2.35. The Morgan fingerprint density at radius 3 is 1.36 bits per heavy atom. The molecule has 606 valence electrons. The fourth-order valence-electron chi connectivity index (χ4n) is 15.1. The number of nitrogens with zero attached hydrogens (tertiary/aromatic N) is 6. The van der Waals surface area contributed by atoms with Gasteiger partial charge in [-0.05, 0) is 277 Å². The van der Waals surface area contributed by atoms with E-state index in [0.717, 1.165) is 188 Å². The third-order valence-electron chi connectivity index (χ3n) is 21.4. The molecule has 0 radical (unpaired) electrons. The third-order valence-corrected chi connectivity index (χ3v) is 23.1. The summed E-state index contributed by atoms with van der Waals surface area (Å²) >= 11 is 10.2. The molecule has 4 unspecified atom stereocenters. The number of rotatable bonds is 38. The number of piperidine rings is 2. The molecule has 2 aliphatic heterocycles. The van der Waals surface area contributed by atoms with Gasteiger partial charge in [0.15, 0.2) is 34.5 Å². The number of carbonyl (C=O) groups is 5. The molecule has 2 heterocycles. The van der Waals surface area contributed by atoms with Gasteiger partial charge in [-0.15, -0.1) is 0 Å². The summed E-state index contributed by atoms with van der Waals surface area (Å²) in [5, 5.41) is 9.85. The summed E-state index contributed by atoms with van der Waals surface area (Å²) in [6.45, 7) is 51.4. The summed E-state index contributed by atoms with van der Waals surface area (Å²) in [6, 6.07) is 26.1. The fraction of sp³-hybridized carbons (Fsp3) is 0.593. The van der Waals surface area contributed by atoms with Crippen LogP contribution in [0.4, 0.5) is 17.1 Å². The Morgan fingerprint density at radius 2 is 0.927 bits per heavy atom. The van der Waals surface area contributed by atoms with Gasteiger partial charge in [0.25, 0.3) is 0 Å². The lowest BCUT2D eigenvalue weighted by atomic mass is 9.92.